The molecule has 0 spiro atoms. The molecule has 0 bridgehead atoms. The van der Waals surface area contributed by atoms with Gasteiger partial charge >= 0.3 is 0 Å². The monoisotopic (exact) mass is 245 g/mol. The highest BCUT2D eigenvalue weighted by atomic mass is 16.1. The lowest BCUT2D eigenvalue weighted by Gasteiger charge is -1.98. The lowest BCUT2D eigenvalue weighted by Crippen LogP contribution is -2.06. The molecule has 2 rings (SSSR count). The van der Waals surface area contributed by atoms with Gasteiger partial charge in [0.05, 0.1) is 5.69 Å². The van der Waals surface area contributed by atoms with Crippen LogP contribution in [0.25, 0.3) is 11.3 Å². The minimum atomic E-state index is 0.467. The highest BCUT2D eigenvalue weighted by Crippen LogP contribution is 2.15. The molecule has 0 aliphatic heterocycles. The Hall–Kier alpha value is -2.50. The van der Waals surface area contributed by atoms with Crippen molar-refractivity contribution in [2.45, 2.75) is 0 Å². The van der Waals surface area contributed by atoms with Gasteiger partial charge in [-0.15, -0.1) is 0 Å². The van der Waals surface area contributed by atoms with Gasteiger partial charge in [-0.05, 0) is 12.1 Å². The number of hydrogen-bond acceptors (Lipinski definition) is 5. The third-order valence-electron chi connectivity index (χ3n) is 1.86. The Morgan fingerprint density at radius 2 is 2.06 bits per heavy atom. The van der Waals surface area contributed by atoms with Gasteiger partial charge in [0.15, 0.2) is 0 Å². The van der Waals surface area contributed by atoms with Crippen molar-refractivity contribution in [3.8, 4) is 11.3 Å². The van der Waals surface area contributed by atoms with Crippen LogP contribution in [0.1, 0.15) is 0 Å². The normalized spacial score (nSPS) is 9.00. The Morgan fingerprint density at radius 3 is 2.56 bits per heavy atom. The molecule has 6 nitrogen and oxygen atoms in total. The summed E-state index contributed by atoms with van der Waals surface area (Å²) in [6.45, 7) is 0. The van der Waals surface area contributed by atoms with Crippen molar-refractivity contribution in [2.75, 3.05) is 19.8 Å². The van der Waals surface area contributed by atoms with Crippen molar-refractivity contribution in [1.29, 1.82) is 0 Å². The Kier molecular flexibility index (Phi) is 5.24. The van der Waals surface area contributed by atoms with E-state index in [0.29, 0.717) is 5.82 Å². The summed E-state index contributed by atoms with van der Waals surface area (Å²) in [5.41, 5.74) is 7.26. The number of carbonyl (C=O) groups is 1. The number of nitrogens with two attached hydrogens (primary N) is 1. The van der Waals surface area contributed by atoms with Crippen LogP contribution < -0.4 is 5.73 Å². The second kappa shape index (κ2) is 6.95. The lowest BCUT2D eigenvalue weighted by atomic mass is 10.2. The van der Waals surface area contributed by atoms with E-state index in [1.165, 1.54) is 11.2 Å². The molecule has 0 aliphatic rings. The average molecular weight is 245 g/mol. The van der Waals surface area contributed by atoms with E-state index in [0.717, 1.165) is 17.7 Å². The molecule has 2 heterocycles. The summed E-state index contributed by atoms with van der Waals surface area (Å²) in [5.74, 6) is 0.467. The van der Waals surface area contributed by atoms with Crippen molar-refractivity contribution >= 4 is 12.2 Å². The molecule has 94 valence electrons. The van der Waals surface area contributed by atoms with Gasteiger partial charge in [-0.25, -0.2) is 9.97 Å². The summed E-state index contributed by atoms with van der Waals surface area (Å²) < 4.78 is 0. The number of anilines is 1. The van der Waals surface area contributed by atoms with Crippen molar-refractivity contribution in [2.24, 2.45) is 0 Å². The molecular weight excluding hydrogens is 230 g/mol. The molecule has 6 heteroatoms. The van der Waals surface area contributed by atoms with E-state index in [1.807, 2.05) is 12.1 Å². The smallest absolute Gasteiger partial charge is 0.209 e. The molecule has 2 aromatic heterocycles. The van der Waals surface area contributed by atoms with Crippen LogP contribution >= 0.6 is 0 Å². The van der Waals surface area contributed by atoms with Gasteiger partial charge in [-0.1, -0.05) is 0 Å². The van der Waals surface area contributed by atoms with Gasteiger partial charge in [-0.2, -0.15) is 0 Å². The fourth-order valence-corrected chi connectivity index (χ4v) is 1.04. The van der Waals surface area contributed by atoms with Gasteiger partial charge in [0.2, 0.25) is 6.41 Å². The van der Waals surface area contributed by atoms with Crippen LogP contribution in [0.4, 0.5) is 5.82 Å². The van der Waals surface area contributed by atoms with Crippen molar-refractivity contribution < 1.29 is 4.79 Å². The van der Waals surface area contributed by atoms with Gasteiger partial charge in [0.1, 0.15) is 12.1 Å². The highest BCUT2D eigenvalue weighted by Gasteiger charge is 1.98. The zero-order valence-corrected chi connectivity index (χ0v) is 10.3. The summed E-state index contributed by atoms with van der Waals surface area (Å²) in [5, 5.41) is 0. The van der Waals surface area contributed by atoms with Crippen LogP contribution in [0, 0.1) is 0 Å². The quantitative estimate of drug-likeness (QED) is 0.792. The predicted molar refractivity (Wildman–Crippen MR) is 69.4 cm³/mol. The van der Waals surface area contributed by atoms with Crippen LogP contribution in [0.2, 0.25) is 0 Å². The number of pyridine rings is 1. The third kappa shape index (κ3) is 4.56. The van der Waals surface area contributed by atoms with Crippen LogP contribution in [-0.2, 0) is 4.79 Å². The van der Waals surface area contributed by atoms with E-state index in [4.69, 9.17) is 5.73 Å². The maximum atomic E-state index is 9.43. The first-order chi connectivity index (χ1) is 8.63. The van der Waals surface area contributed by atoms with Gasteiger partial charge in [0, 0.05) is 38.1 Å². The molecule has 0 aromatic carbocycles. The zero-order valence-electron chi connectivity index (χ0n) is 10.3. The molecule has 1 amide bonds. The van der Waals surface area contributed by atoms with E-state index >= 15 is 0 Å². The molecule has 0 fully saturated rings. The van der Waals surface area contributed by atoms with E-state index in [2.05, 4.69) is 15.0 Å². The Labute approximate surface area is 106 Å². The second-order valence-corrected chi connectivity index (χ2v) is 3.64. The maximum Gasteiger partial charge on any atom is 0.209 e. The summed E-state index contributed by atoms with van der Waals surface area (Å²) in [4.78, 5) is 22.8. The summed E-state index contributed by atoms with van der Waals surface area (Å²) in [7, 11) is 3.38. The molecule has 0 atom stereocenters. The topological polar surface area (TPSA) is 85.0 Å². The zero-order chi connectivity index (χ0) is 13.4. The van der Waals surface area contributed by atoms with E-state index in [9.17, 15) is 4.79 Å². The molecule has 0 unspecified atom stereocenters. The average Bonchev–Trinajstić information content (AvgIpc) is 2.40. The Morgan fingerprint density at radius 1 is 1.33 bits per heavy atom. The molecular formula is C12H15N5O. The van der Waals surface area contributed by atoms with Crippen LogP contribution in [0.5, 0.6) is 0 Å². The number of nitrogen functional groups attached to an aromatic ring is 1. The molecule has 0 saturated heterocycles. The predicted octanol–water partition coefficient (Wildman–Crippen LogP) is 0.825. The highest BCUT2D eigenvalue weighted by molar-refractivity contribution is 5.59. The first-order valence-corrected chi connectivity index (χ1v) is 5.23. The van der Waals surface area contributed by atoms with Crippen molar-refractivity contribution in [3.63, 3.8) is 0 Å². The lowest BCUT2D eigenvalue weighted by molar-refractivity contribution is -0.115. The molecule has 18 heavy (non-hydrogen) atoms. The fourth-order valence-electron chi connectivity index (χ4n) is 1.04. The number of rotatable bonds is 2. The number of nitrogens with zero attached hydrogens (tertiary/aromatic N) is 4. The SMILES string of the molecule is CN(C)C=O.Nc1cc(-c2cccnc2)ncn1. The third-order valence-corrected chi connectivity index (χ3v) is 1.86. The van der Waals surface area contributed by atoms with Crippen molar-refractivity contribution in [1.82, 2.24) is 19.9 Å². The molecule has 2 aromatic rings. The second-order valence-electron chi connectivity index (χ2n) is 3.64. The minimum absolute atomic E-state index is 0.467. The van der Waals surface area contributed by atoms with Gasteiger partial charge < -0.3 is 10.6 Å². The first-order valence-electron chi connectivity index (χ1n) is 5.23. The number of carbonyl (C=O) groups excluding carboxylic acids is 1. The van der Waals surface area contributed by atoms with Crippen molar-refractivity contribution in [3.05, 3.63) is 36.9 Å². The largest absolute Gasteiger partial charge is 0.384 e. The molecule has 0 saturated carbocycles. The summed E-state index contributed by atoms with van der Waals surface area (Å²) in [6.07, 6.45) is 5.65. The van der Waals surface area contributed by atoms with E-state index < -0.39 is 0 Å². The number of aromatic nitrogens is 3. The molecule has 0 aliphatic carbocycles. The van der Waals surface area contributed by atoms with Gasteiger partial charge in [0.25, 0.3) is 0 Å². The molecule has 0 radical (unpaired) electrons. The van der Waals surface area contributed by atoms with Crippen LogP contribution in [0.3, 0.4) is 0 Å². The van der Waals surface area contributed by atoms with E-state index in [-0.39, 0.29) is 0 Å². The number of amides is 1. The fraction of sp³-hybridized carbons (Fsp3) is 0.167. The van der Waals surface area contributed by atoms with Gasteiger partial charge in [-0.3, -0.25) is 9.78 Å². The standard InChI is InChI=1S/C9H8N4.C3H7NO/c10-9-4-8(12-6-13-9)7-2-1-3-11-5-7;1-4(2)3-5/h1-6H,(H2,10,12,13);3H,1-2H3. The Bertz CT molecular complexity index is 487. The first kappa shape index (κ1) is 13.6. The van der Waals surface area contributed by atoms with Crippen LogP contribution in [0.15, 0.2) is 36.9 Å². The maximum absolute atomic E-state index is 9.43. The summed E-state index contributed by atoms with van der Waals surface area (Å²) >= 11 is 0. The van der Waals surface area contributed by atoms with E-state index in [1.54, 1.807) is 32.6 Å². The number of hydrogen-bond donors (Lipinski definition) is 1. The Balaban J connectivity index is 0.000000280. The summed E-state index contributed by atoms with van der Waals surface area (Å²) in [6, 6.07) is 5.50. The molecule has 2 N–H and O–H groups in total. The van der Waals surface area contributed by atoms with Crippen LogP contribution in [-0.4, -0.2) is 40.4 Å². The minimum Gasteiger partial charge on any atom is -0.384 e.